The van der Waals surface area contributed by atoms with Crippen LogP contribution in [0.1, 0.15) is 12.5 Å². The number of nitrogens with one attached hydrogen (secondary N) is 1. The molecule has 1 fully saturated rings. The summed E-state index contributed by atoms with van der Waals surface area (Å²) in [5.41, 5.74) is 2.49. The molecule has 0 spiro atoms. The van der Waals surface area contributed by atoms with Gasteiger partial charge in [-0.2, -0.15) is 0 Å². The molecule has 15 heavy (non-hydrogen) atoms. The number of hydrogen-bond acceptors (Lipinski definition) is 3. The maximum absolute atomic E-state index is 5.91. The predicted octanol–water partition coefficient (Wildman–Crippen LogP) is 1.82. The van der Waals surface area contributed by atoms with Gasteiger partial charge in [0.15, 0.2) is 5.60 Å². The summed E-state index contributed by atoms with van der Waals surface area (Å²) >= 11 is 0. The monoisotopic (exact) mass is 205 g/mol. The molecule has 0 unspecified atom stereocenters. The molecular weight excluding hydrogens is 190 g/mol. The van der Waals surface area contributed by atoms with Crippen molar-refractivity contribution in [1.29, 1.82) is 0 Å². The minimum atomic E-state index is -0.111. The summed E-state index contributed by atoms with van der Waals surface area (Å²) in [6, 6.07) is 6.26. The second-order valence-corrected chi connectivity index (χ2v) is 4.54. The molecule has 0 aromatic heterocycles. The maximum Gasteiger partial charge on any atom is 0.152 e. The highest BCUT2D eigenvalue weighted by atomic mass is 16.6. The molecule has 0 amide bonds. The highest BCUT2D eigenvalue weighted by Crippen LogP contribution is 2.30. The Labute approximate surface area is 89.4 Å². The van der Waals surface area contributed by atoms with Crippen LogP contribution in [0.25, 0.3) is 0 Å². The average Bonchev–Trinajstić information content (AvgIpc) is 2.62. The molecule has 1 saturated heterocycles. The van der Waals surface area contributed by atoms with E-state index in [2.05, 4.69) is 24.4 Å². The lowest BCUT2D eigenvalue weighted by atomic mass is 10.1. The van der Waals surface area contributed by atoms with Gasteiger partial charge in [-0.15, -0.1) is 0 Å². The first-order valence-electron chi connectivity index (χ1n) is 5.39. The van der Waals surface area contributed by atoms with E-state index in [1.54, 1.807) is 0 Å². The fraction of sp³-hybridized carbons (Fsp3) is 0.500. The lowest BCUT2D eigenvalue weighted by Gasteiger charge is -2.38. The van der Waals surface area contributed by atoms with E-state index in [0.717, 1.165) is 18.7 Å². The van der Waals surface area contributed by atoms with Crippen LogP contribution in [0.3, 0.4) is 0 Å². The van der Waals surface area contributed by atoms with Gasteiger partial charge in [-0.3, -0.25) is 0 Å². The van der Waals surface area contributed by atoms with E-state index < -0.39 is 0 Å². The molecule has 2 heterocycles. The molecule has 0 atom stereocenters. The second kappa shape index (κ2) is 3.14. The molecule has 2 aliphatic rings. The summed E-state index contributed by atoms with van der Waals surface area (Å²) in [6.07, 6.45) is 1.10. The van der Waals surface area contributed by atoms with E-state index in [0.29, 0.717) is 13.2 Å². The van der Waals surface area contributed by atoms with E-state index in [-0.39, 0.29) is 5.60 Å². The van der Waals surface area contributed by atoms with E-state index in [9.17, 15) is 0 Å². The average molecular weight is 205 g/mol. The highest BCUT2D eigenvalue weighted by Gasteiger charge is 2.35. The van der Waals surface area contributed by atoms with Gasteiger partial charge in [-0.1, -0.05) is 0 Å². The number of rotatable bonds is 2. The molecule has 3 nitrogen and oxygen atoms in total. The third-order valence-corrected chi connectivity index (χ3v) is 2.97. The smallest absolute Gasteiger partial charge is 0.152 e. The third kappa shape index (κ3) is 1.57. The Kier molecular flexibility index (Phi) is 1.89. The molecule has 2 aliphatic heterocycles. The number of fused-ring (bicyclic) bond motifs is 1. The summed E-state index contributed by atoms with van der Waals surface area (Å²) in [7, 11) is 0. The van der Waals surface area contributed by atoms with Gasteiger partial charge in [0.25, 0.3) is 0 Å². The standard InChI is InChI=1S/C12H15NO2/c1-12(7-14-8-12)15-10-2-3-11-9(6-10)4-5-13-11/h2-3,6,13H,4-5,7-8H2,1H3. The fourth-order valence-corrected chi connectivity index (χ4v) is 2.08. The van der Waals surface area contributed by atoms with Crippen molar-refractivity contribution in [3.05, 3.63) is 23.8 Å². The van der Waals surface area contributed by atoms with Gasteiger partial charge >= 0.3 is 0 Å². The van der Waals surface area contributed by atoms with Crippen LogP contribution in [0.15, 0.2) is 18.2 Å². The fourth-order valence-electron chi connectivity index (χ4n) is 2.08. The van der Waals surface area contributed by atoms with E-state index in [1.807, 2.05) is 6.07 Å². The molecule has 1 aromatic rings. The second-order valence-electron chi connectivity index (χ2n) is 4.54. The zero-order valence-electron chi connectivity index (χ0n) is 8.88. The Hall–Kier alpha value is -1.22. The summed E-state index contributed by atoms with van der Waals surface area (Å²) < 4.78 is 11.1. The van der Waals surface area contributed by atoms with E-state index in [4.69, 9.17) is 9.47 Å². The lowest BCUT2D eigenvalue weighted by Crippen LogP contribution is -2.51. The van der Waals surface area contributed by atoms with Crippen LogP contribution >= 0.6 is 0 Å². The van der Waals surface area contributed by atoms with Crippen LogP contribution < -0.4 is 10.1 Å². The van der Waals surface area contributed by atoms with Gasteiger partial charge in [0, 0.05) is 12.2 Å². The minimum Gasteiger partial charge on any atom is -0.483 e. The summed E-state index contributed by atoms with van der Waals surface area (Å²) in [4.78, 5) is 0. The summed E-state index contributed by atoms with van der Waals surface area (Å²) in [6.45, 7) is 4.52. The quantitative estimate of drug-likeness (QED) is 0.799. The first kappa shape index (κ1) is 9.04. The van der Waals surface area contributed by atoms with Crippen molar-refractivity contribution in [2.24, 2.45) is 0 Å². The van der Waals surface area contributed by atoms with Crippen molar-refractivity contribution in [2.45, 2.75) is 18.9 Å². The van der Waals surface area contributed by atoms with Gasteiger partial charge in [0.05, 0.1) is 13.2 Å². The first-order chi connectivity index (χ1) is 7.25. The Morgan fingerprint density at radius 1 is 1.40 bits per heavy atom. The number of ether oxygens (including phenoxy) is 2. The zero-order valence-corrected chi connectivity index (χ0v) is 8.88. The molecule has 3 heteroatoms. The first-order valence-corrected chi connectivity index (χ1v) is 5.39. The van der Waals surface area contributed by atoms with Crippen LogP contribution in [0.2, 0.25) is 0 Å². The van der Waals surface area contributed by atoms with E-state index in [1.165, 1.54) is 11.3 Å². The van der Waals surface area contributed by atoms with Gasteiger partial charge in [-0.05, 0) is 37.1 Å². The van der Waals surface area contributed by atoms with Crippen molar-refractivity contribution < 1.29 is 9.47 Å². The summed E-state index contributed by atoms with van der Waals surface area (Å²) in [5.74, 6) is 0.961. The van der Waals surface area contributed by atoms with Crippen LogP contribution in [0, 0.1) is 0 Å². The lowest BCUT2D eigenvalue weighted by molar-refractivity contribution is -0.149. The normalized spacial score (nSPS) is 21.4. The van der Waals surface area contributed by atoms with Gasteiger partial charge < -0.3 is 14.8 Å². The summed E-state index contributed by atoms with van der Waals surface area (Å²) in [5, 5.41) is 3.34. The van der Waals surface area contributed by atoms with Crippen molar-refractivity contribution in [3.8, 4) is 5.75 Å². The van der Waals surface area contributed by atoms with Crippen LogP contribution in [0.5, 0.6) is 5.75 Å². The van der Waals surface area contributed by atoms with Gasteiger partial charge in [0.2, 0.25) is 0 Å². The zero-order chi connectivity index (χ0) is 10.3. The van der Waals surface area contributed by atoms with Crippen molar-refractivity contribution in [3.63, 3.8) is 0 Å². The number of anilines is 1. The molecule has 3 rings (SSSR count). The molecular formula is C12H15NO2. The van der Waals surface area contributed by atoms with Crippen LogP contribution in [-0.4, -0.2) is 25.4 Å². The van der Waals surface area contributed by atoms with Crippen LogP contribution in [-0.2, 0) is 11.2 Å². The Balaban J connectivity index is 1.81. The molecule has 0 saturated carbocycles. The molecule has 80 valence electrons. The Morgan fingerprint density at radius 2 is 2.27 bits per heavy atom. The molecule has 0 bridgehead atoms. The number of hydrogen-bond donors (Lipinski definition) is 1. The minimum absolute atomic E-state index is 0.111. The molecule has 0 radical (unpaired) electrons. The maximum atomic E-state index is 5.91. The Morgan fingerprint density at radius 3 is 3.00 bits per heavy atom. The van der Waals surface area contributed by atoms with Gasteiger partial charge in [-0.25, -0.2) is 0 Å². The third-order valence-electron chi connectivity index (χ3n) is 2.97. The van der Waals surface area contributed by atoms with Crippen LogP contribution in [0.4, 0.5) is 5.69 Å². The number of benzene rings is 1. The van der Waals surface area contributed by atoms with Gasteiger partial charge in [0.1, 0.15) is 5.75 Å². The molecule has 1 N–H and O–H groups in total. The van der Waals surface area contributed by atoms with Crippen molar-refractivity contribution in [1.82, 2.24) is 0 Å². The predicted molar refractivity (Wildman–Crippen MR) is 58.5 cm³/mol. The SMILES string of the molecule is CC1(Oc2ccc3c(c2)CCN3)COC1. The largest absolute Gasteiger partial charge is 0.483 e. The molecule has 1 aromatic carbocycles. The van der Waals surface area contributed by atoms with Crippen molar-refractivity contribution in [2.75, 3.05) is 25.1 Å². The highest BCUT2D eigenvalue weighted by molar-refractivity contribution is 5.57. The topological polar surface area (TPSA) is 30.5 Å². The van der Waals surface area contributed by atoms with Crippen molar-refractivity contribution >= 4 is 5.69 Å². The molecule has 0 aliphatic carbocycles. The van der Waals surface area contributed by atoms with E-state index >= 15 is 0 Å². The Bertz CT molecular complexity index is 385.